The van der Waals surface area contributed by atoms with Crippen LogP contribution < -0.4 is 5.32 Å². The summed E-state index contributed by atoms with van der Waals surface area (Å²) in [7, 11) is 0. The Kier molecular flexibility index (Phi) is 4.52. The Hall–Kier alpha value is -1.50. The van der Waals surface area contributed by atoms with Gasteiger partial charge in [-0.2, -0.15) is 0 Å². The van der Waals surface area contributed by atoms with Crippen molar-refractivity contribution in [2.45, 2.75) is 31.9 Å². The number of thiazole rings is 1. The molecule has 1 N–H and O–H groups in total. The van der Waals surface area contributed by atoms with Crippen LogP contribution in [0.25, 0.3) is 0 Å². The van der Waals surface area contributed by atoms with E-state index >= 15 is 0 Å². The first-order chi connectivity index (χ1) is 11.8. The van der Waals surface area contributed by atoms with Crippen molar-refractivity contribution in [2.24, 2.45) is 5.92 Å². The Morgan fingerprint density at radius 1 is 1.38 bits per heavy atom. The number of ether oxygens (including phenoxy) is 1. The van der Waals surface area contributed by atoms with Crippen LogP contribution in [-0.4, -0.2) is 46.7 Å². The van der Waals surface area contributed by atoms with Gasteiger partial charge in [-0.05, 0) is 37.8 Å². The van der Waals surface area contributed by atoms with Gasteiger partial charge in [-0.15, -0.1) is 11.3 Å². The minimum absolute atomic E-state index is 0.0877. The minimum Gasteiger partial charge on any atom is -0.372 e. The number of rotatable bonds is 6. The van der Waals surface area contributed by atoms with Crippen molar-refractivity contribution in [3.63, 3.8) is 0 Å². The largest absolute Gasteiger partial charge is 0.372 e. The van der Waals surface area contributed by atoms with E-state index in [1.165, 1.54) is 17.0 Å². The highest BCUT2D eigenvalue weighted by atomic mass is 32.1. The molecule has 128 valence electrons. The molecular formula is C18H24N4OS. The molecule has 24 heavy (non-hydrogen) atoms. The molecule has 4 rings (SSSR count). The molecule has 0 amide bonds. The van der Waals surface area contributed by atoms with Crippen molar-refractivity contribution < 1.29 is 4.74 Å². The maximum atomic E-state index is 6.17. The number of pyridine rings is 1. The summed E-state index contributed by atoms with van der Waals surface area (Å²) < 4.78 is 6.17. The molecule has 2 aromatic rings. The van der Waals surface area contributed by atoms with E-state index < -0.39 is 0 Å². The molecule has 1 atom stereocenters. The number of nitrogens with one attached hydrogen (secondary N) is 1. The Morgan fingerprint density at radius 3 is 3.04 bits per heavy atom. The van der Waals surface area contributed by atoms with Crippen LogP contribution in [0.2, 0.25) is 0 Å². The third-order valence-electron chi connectivity index (χ3n) is 5.26. The lowest BCUT2D eigenvalue weighted by atomic mass is 9.79. The second-order valence-electron chi connectivity index (χ2n) is 6.84. The predicted octanol–water partition coefficient (Wildman–Crippen LogP) is 2.94. The van der Waals surface area contributed by atoms with Crippen LogP contribution in [0.1, 0.15) is 23.4 Å². The van der Waals surface area contributed by atoms with E-state index in [-0.39, 0.29) is 5.60 Å². The Morgan fingerprint density at radius 2 is 2.29 bits per heavy atom. The molecule has 0 aliphatic carbocycles. The molecule has 5 nitrogen and oxygen atoms in total. The zero-order valence-corrected chi connectivity index (χ0v) is 14.9. The topological polar surface area (TPSA) is 50.3 Å². The molecule has 2 saturated heterocycles. The lowest BCUT2D eigenvalue weighted by Gasteiger charge is -2.50. The van der Waals surface area contributed by atoms with Gasteiger partial charge in [-0.1, -0.05) is 6.07 Å². The van der Waals surface area contributed by atoms with Gasteiger partial charge in [0.25, 0.3) is 0 Å². The van der Waals surface area contributed by atoms with Crippen LogP contribution in [0.3, 0.4) is 0 Å². The highest BCUT2D eigenvalue weighted by molar-refractivity contribution is 7.09. The minimum atomic E-state index is 0.0877. The van der Waals surface area contributed by atoms with Gasteiger partial charge >= 0.3 is 0 Å². The fraction of sp³-hybridized carbons (Fsp3) is 0.556. The molecule has 0 aromatic carbocycles. The summed E-state index contributed by atoms with van der Waals surface area (Å²) in [5, 5.41) is 3.43. The fourth-order valence-corrected chi connectivity index (χ4v) is 4.71. The summed E-state index contributed by atoms with van der Waals surface area (Å²) in [6, 6.07) is 5.98. The van der Waals surface area contributed by atoms with Gasteiger partial charge in [0.1, 0.15) is 5.82 Å². The molecule has 0 bridgehead atoms. The molecular weight excluding hydrogens is 320 g/mol. The lowest BCUT2D eigenvalue weighted by molar-refractivity contribution is -0.136. The number of likely N-dealkylation sites (tertiary alicyclic amines) is 1. The van der Waals surface area contributed by atoms with E-state index in [9.17, 15) is 0 Å². The van der Waals surface area contributed by atoms with Crippen LogP contribution >= 0.6 is 11.3 Å². The molecule has 2 aliphatic rings. The molecule has 0 radical (unpaired) electrons. The van der Waals surface area contributed by atoms with E-state index in [0.717, 1.165) is 45.0 Å². The fourth-order valence-electron chi connectivity index (χ4n) is 3.89. The Bertz CT molecular complexity index is 669. The number of aromatic nitrogens is 2. The lowest BCUT2D eigenvalue weighted by Crippen LogP contribution is -2.64. The monoisotopic (exact) mass is 344 g/mol. The molecule has 0 unspecified atom stereocenters. The number of anilines is 1. The van der Waals surface area contributed by atoms with Crippen LogP contribution in [0.15, 0.2) is 29.9 Å². The third-order valence-corrected chi connectivity index (χ3v) is 6.18. The highest BCUT2D eigenvalue weighted by Crippen LogP contribution is 2.42. The summed E-state index contributed by atoms with van der Waals surface area (Å²) in [5.74, 6) is 1.61. The average Bonchev–Trinajstić information content (AvgIpc) is 3.15. The maximum absolute atomic E-state index is 6.17. The predicted molar refractivity (Wildman–Crippen MR) is 96.3 cm³/mol. The summed E-state index contributed by atoms with van der Waals surface area (Å²) in [6.45, 7) is 7.08. The van der Waals surface area contributed by atoms with Gasteiger partial charge in [0, 0.05) is 43.9 Å². The van der Waals surface area contributed by atoms with Crippen LogP contribution in [0, 0.1) is 12.8 Å². The zero-order valence-electron chi connectivity index (χ0n) is 14.1. The summed E-state index contributed by atoms with van der Waals surface area (Å²) >= 11 is 1.76. The number of hydrogen-bond acceptors (Lipinski definition) is 6. The van der Waals surface area contributed by atoms with Crippen LogP contribution in [-0.2, 0) is 11.3 Å². The molecule has 4 heterocycles. The third kappa shape index (κ3) is 3.18. The van der Waals surface area contributed by atoms with E-state index in [0.29, 0.717) is 5.92 Å². The van der Waals surface area contributed by atoms with E-state index in [1.807, 2.05) is 29.9 Å². The van der Waals surface area contributed by atoms with Crippen LogP contribution in [0.5, 0.6) is 0 Å². The van der Waals surface area contributed by atoms with Gasteiger partial charge in [0.05, 0.1) is 16.8 Å². The van der Waals surface area contributed by atoms with Crippen LogP contribution in [0.4, 0.5) is 5.82 Å². The van der Waals surface area contributed by atoms with Crippen molar-refractivity contribution in [1.29, 1.82) is 0 Å². The van der Waals surface area contributed by atoms with Crippen molar-refractivity contribution in [1.82, 2.24) is 14.9 Å². The SMILES string of the molecule is Cc1ncsc1CN1CC2(C1)OCC[C@@H]2CCNc1ccccn1. The standard InChI is InChI=1S/C18H24N4OS/c1-14-16(24-13-21-14)10-22-11-18(12-22)15(6-9-23-18)5-8-20-17-4-2-3-7-19-17/h2-4,7,13,15H,5-6,8-12H2,1H3,(H,19,20)/t15-/m0/s1. The molecule has 2 fully saturated rings. The molecule has 6 heteroatoms. The summed E-state index contributed by atoms with van der Waals surface area (Å²) in [5.41, 5.74) is 3.20. The van der Waals surface area contributed by atoms with E-state index in [2.05, 4.69) is 27.1 Å². The maximum Gasteiger partial charge on any atom is 0.125 e. The number of hydrogen-bond donors (Lipinski definition) is 1. The van der Waals surface area contributed by atoms with E-state index in [1.54, 1.807) is 11.3 Å². The number of nitrogens with zero attached hydrogens (tertiary/aromatic N) is 3. The van der Waals surface area contributed by atoms with Gasteiger partial charge in [0.15, 0.2) is 0 Å². The summed E-state index contributed by atoms with van der Waals surface area (Å²) in [6.07, 6.45) is 4.15. The Labute approximate surface area is 147 Å². The van der Waals surface area contributed by atoms with E-state index in [4.69, 9.17) is 4.74 Å². The molecule has 1 spiro atoms. The van der Waals surface area contributed by atoms with Gasteiger partial charge in [-0.25, -0.2) is 9.97 Å². The van der Waals surface area contributed by atoms with Gasteiger partial charge < -0.3 is 10.1 Å². The first-order valence-electron chi connectivity index (χ1n) is 8.65. The first kappa shape index (κ1) is 16.0. The van der Waals surface area contributed by atoms with Crippen molar-refractivity contribution >= 4 is 17.2 Å². The van der Waals surface area contributed by atoms with Crippen molar-refractivity contribution in [2.75, 3.05) is 31.6 Å². The smallest absolute Gasteiger partial charge is 0.125 e. The second-order valence-corrected chi connectivity index (χ2v) is 7.77. The molecule has 2 aliphatic heterocycles. The van der Waals surface area contributed by atoms with Crippen molar-refractivity contribution in [3.8, 4) is 0 Å². The Balaban J connectivity index is 1.27. The number of aryl methyl sites for hydroxylation is 1. The summed E-state index contributed by atoms with van der Waals surface area (Å²) in [4.78, 5) is 12.5. The van der Waals surface area contributed by atoms with Crippen molar-refractivity contribution in [3.05, 3.63) is 40.5 Å². The van der Waals surface area contributed by atoms with Gasteiger partial charge in [0.2, 0.25) is 0 Å². The zero-order chi connectivity index (χ0) is 16.4. The van der Waals surface area contributed by atoms with Gasteiger partial charge in [-0.3, -0.25) is 4.90 Å². The molecule has 2 aromatic heterocycles. The second kappa shape index (κ2) is 6.78. The first-order valence-corrected chi connectivity index (χ1v) is 9.53. The molecule has 0 saturated carbocycles. The average molecular weight is 344 g/mol. The quantitative estimate of drug-likeness (QED) is 0.873. The normalized spacial score (nSPS) is 22.6. The highest BCUT2D eigenvalue weighted by Gasteiger charge is 2.52.